The summed E-state index contributed by atoms with van der Waals surface area (Å²) in [5, 5.41) is 3.51. The zero-order valence-corrected chi connectivity index (χ0v) is 17.3. The summed E-state index contributed by atoms with van der Waals surface area (Å²) in [6.07, 6.45) is 4.87. The van der Waals surface area contributed by atoms with E-state index in [-0.39, 0.29) is 5.75 Å². The Bertz CT molecular complexity index is 1170. The van der Waals surface area contributed by atoms with Gasteiger partial charge in [0.25, 0.3) is 0 Å². The van der Waals surface area contributed by atoms with Crippen LogP contribution in [0.3, 0.4) is 0 Å². The minimum absolute atomic E-state index is 0.0987. The van der Waals surface area contributed by atoms with E-state index >= 15 is 0 Å². The molecule has 8 heteroatoms. The molecule has 1 unspecified atom stereocenters. The Morgan fingerprint density at radius 1 is 1.13 bits per heavy atom. The smallest absolute Gasteiger partial charge is 0.387 e. The van der Waals surface area contributed by atoms with Crippen molar-refractivity contribution < 1.29 is 17.9 Å². The first kappa shape index (κ1) is 21.1. The average molecular weight is 446 g/mol. The van der Waals surface area contributed by atoms with E-state index in [2.05, 4.69) is 15.0 Å². The van der Waals surface area contributed by atoms with Gasteiger partial charge in [-0.3, -0.25) is 4.98 Å². The molecule has 0 amide bonds. The Morgan fingerprint density at radius 2 is 1.87 bits per heavy atom. The number of hydrogen-bond acceptors (Lipinski definition) is 4. The lowest BCUT2D eigenvalue weighted by Crippen LogP contribution is -2.31. The first-order valence-electron chi connectivity index (χ1n) is 9.47. The molecule has 4 nitrogen and oxygen atoms in total. The molecule has 3 N–H and O–H groups in total. The van der Waals surface area contributed by atoms with E-state index in [1.54, 1.807) is 43.5 Å². The summed E-state index contributed by atoms with van der Waals surface area (Å²) in [5.74, 6) is 0.158. The van der Waals surface area contributed by atoms with Crippen molar-refractivity contribution in [3.05, 3.63) is 94.3 Å². The molecule has 4 rings (SSSR count). The van der Waals surface area contributed by atoms with Crippen LogP contribution in [0.25, 0.3) is 11.1 Å². The van der Waals surface area contributed by atoms with Crippen LogP contribution in [0.1, 0.15) is 16.7 Å². The van der Waals surface area contributed by atoms with Crippen LogP contribution < -0.4 is 15.8 Å². The van der Waals surface area contributed by atoms with Gasteiger partial charge in [0.05, 0.1) is 16.3 Å². The molecule has 1 aliphatic rings. The highest BCUT2D eigenvalue weighted by Crippen LogP contribution is 2.40. The molecule has 1 aliphatic heterocycles. The van der Waals surface area contributed by atoms with Gasteiger partial charge < -0.3 is 15.8 Å². The molecule has 1 aromatic heterocycles. The van der Waals surface area contributed by atoms with Gasteiger partial charge in [-0.2, -0.15) is 8.78 Å². The van der Waals surface area contributed by atoms with Crippen molar-refractivity contribution in [2.75, 3.05) is 6.54 Å². The Morgan fingerprint density at radius 3 is 2.52 bits per heavy atom. The van der Waals surface area contributed by atoms with Gasteiger partial charge in [0, 0.05) is 30.1 Å². The maximum Gasteiger partial charge on any atom is 0.387 e. The monoisotopic (exact) mass is 445 g/mol. The quantitative estimate of drug-likeness (QED) is 0.571. The van der Waals surface area contributed by atoms with E-state index in [0.717, 1.165) is 11.1 Å². The van der Waals surface area contributed by atoms with E-state index < -0.39 is 17.8 Å². The SMILES string of the molecule is Cc1cc(C2(c3ccc(F)c(-c4cncc(Cl)c4)c3)C=C(N)NC2)ccc1OC(F)F. The van der Waals surface area contributed by atoms with Crippen LogP contribution >= 0.6 is 11.6 Å². The molecule has 0 fully saturated rings. The van der Waals surface area contributed by atoms with Crippen molar-refractivity contribution in [2.24, 2.45) is 5.73 Å². The molecule has 0 saturated heterocycles. The number of nitrogens with one attached hydrogen (secondary N) is 1. The Labute approximate surface area is 182 Å². The van der Waals surface area contributed by atoms with Crippen molar-refractivity contribution >= 4 is 11.6 Å². The summed E-state index contributed by atoms with van der Waals surface area (Å²) in [5.41, 5.74) is 8.34. The van der Waals surface area contributed by atoms with Gasteiger partial charge in [-0.25, -0.2) is 4.39 Å². The van der Waals surface area contributed by atoms with Crippen molar-refractivity contribution in [2.45, 2.75) is 19.0 Å². The Kier molecular flexibility index (Phi) is 5.54. The molecule has 0 spiro atoms. The molecule has 0 bridgehead atoms. The first-order valence-corrected chi connectivity index (χ1v) is 9.85. The lowest BCUT2D eigenvalue weighted by Gasteiger charge is -2.29. The highest BCUT2D eigenvalue weighted by molar-refractivity contribution is 6.30. The Hall–Kier alpha value is -3.19. The molecule has 2 heterocycles. The van der Waals surface area contributed by atoms with Gasteiger partial charge in [0.2, 0.25) is 0 Å². The summed E-state index contributed by atoms with van der Waals surface area (Å²) >= 11 is 6.04. The number of benzene rings is 2. The van der Waals surface area contributed by atoms with Crippen LogP contribution in [0, 0.1) is 12.7 Å². The summed E-state index contributed by atoms with van der Waals surface area (Å²) in [6.45, 7) is -0.794. The third-order valence-electron chi connectivity index (χ3n) is 5.38. The number of halogens is 4. The number of ether oxygens (including phenoxy) is 1. The fraction of sp³-hybridized carbons (Fsp3) is 0.174. The molecular weight excluding hydrogens is 427 g/mol. The van der Waals surface area contributed by atoms with Gasteiger partial charge >= 0.3 is 6.61 Å². The van der Waals surface area contributed by atoms with Gasteiger partial charge in [0.15, 0.2) is 0 Å². The number of nitrogens with two attached hydrogens (primary N) is 1. The zero-order chi connectivity index (χ0) is 22.2. The van der Waals surface area contributed by atoms with Gasteiger partial charge in [0.1, 0.15) is 11.6 Å². The third-order valence-corrected chi connectivity index (χ3v) is 5.58. The van der Waals surface area contributed by atoms with E-state index in [1.807, 2.05) is 6.08 Å². The number of pyridine rings is 1. The Balaban J connectivity index is 1.85. The predicted molar refractivity (Wildman–Crippen MR) is 114 cm³/mol. The zero-order valence-electron chi connectivity index (χ0n) is 16.5. The van der Waals surface area contributed by atoms with Crippen LogP contribution in [-0.4, -0.2) is 18.1 Å². The molecule has 1 atom stereocenters. The highest BCUT2D eigenvalue weighted by atomic mass is 35.5. The minimum Gasteiger partial charge on any atom is -0.435 e. The topological polar surface area (TPSA) is 60.2 Å². The molecule has 0 saturated carbocycles. The van der Waals surface area contributed by atoms with Crippen molar-refractivity contribution in [1.82, 2.24) is 10.3 Å². The molecule has 160 valence electrons. The van der Waals surface area contributed by atoms with E-state index in [9.17, 15) is 13.2 Å². The maximum absolute atomic E-state index is 14.7. The van der Waals surface area contributed by atoms with Crippen LogP contribution in [0.5, 0.6) is 5.75 Å². The number of alkyl halides is 2. The lowest BCUT2D eigenvalue weighted by molar-refractivity contribution is -0.0503. The molecular formula is C23H19ClF3N3O. The molecule has 0 radical (unpaired) electrons. The molecule has 2 aromatic carbocycles. The van der Waals surface area contributed by atoms with Crippen molar-refractivity contribution in [3.63, 3.8) is 0 Å². The maximum atomic E-state index is 14.7. The largest absolute Gasteiger partial charge is 0.435 e. The second-order valence-electron chi connectivity index (χ2n) is 7.37. The van der Waals surface area contributed by atoms with Crippen LogP contribution in [0.4, 0.5) is 13.2 Å². The highest BCUT2D eigenvalue weighted by Gasteiger charge is 2.37. The van der Waals surface area contributed by atoms with E-state index in [4.69, 9.17) is 17.3 Å². The lowest BCUT2D eigenvalue weighted by atomic mass is 9.74. The number of rotatable bonds is 5. The standard InChI is InChI=1S/C23H19ClF3N3O/c1-13-6-15(3-5-20(13)31-22(26)27)23(9-21(28)30-12-23)16-2-4-19(25)18(8-16)14-7-17(24)11-29-10-14/h2-11,22,30H,12,28H2,1H3. The van der Waals surface area contributed by atoms with Gasteiger partial charge in [-0.05, 0) is 54.0 Å². The first-order chi connectivity index (χ1) is 14.8. The fourth-order valence-corrected chi connectivity index (χ4v) is 4.06. The number of aromatic nitrogens is 1. The summed E-state index contributed by atoms with van der Waals surface area (Å²) < 4.78 is 44.6. The van der Waals surface area contributed by atoms with Crippen LogP contribution in [-0.2, 0) is 5.41 Å². The second-order valence-corrected chi connectivity index (χ2v) is 7.81. The number of aryl methyl sites for hydroxylation is 1. The van der Waals surface area contributed by atoms with E-state index in [0.29, 0.717) is 34.1 Å². The van der Waals surface area contributed by atoms with Crippen molar-refractivity contribution in [3.8, 4) is 16.9 Å². The van der Waals surface area contributed by atoms with Gasteiger partial charge in [-0.15, -0.1) is 0 Å². The average Bonchev–Trinajstić information content (AvgIpc) is 3.12. The second kappa shape index (κ2) is 8.15. The van der Waals surface area contributed by atoms with Gasteiger partial charge in [-0.1, -0.05) is 29.8 Å². The summed E-state index contributed by atoms with van der Waals surface area (Å²) in [4.78, 5) is 4.04. The number of hydrogen-bond donors (Lipinski definition) is 2. The molecule has 0 aliphatic carbocycles. The van der Waals surface area contributed by atoms with Crippen LogP contribution in [0.15, 0.2) is 66.8 Å². The normalized spacial score (nSPS) is 18.1. The van der Waals surface area contributed by atoms with E-state index in [1.165, 1.54) is 18.3 Å². The predicted octanol–water partition coefficient (Wildman–Crippen LogP) is 5.14. The molecule has 3 aromatic rings. The third kappa shape index (κ3) is 4.05. The summed E-state index contributed by atoms with van der Waals surface area (Å²) in [6, 6.07) is 11.4. The molecule has 31 heavy (non-hydrogen) atoms. The van der Waals surface area contributed by atoms with Crippen molar-refractivity contribution in [1.29, 1.82) is 0 Å². The van der Waals surface area contributed by atoms with Crippen LogP contribution in [0.2, 0.25) is 5.02 Å². The summed E-state index contributed by atoms with van der Waals surface area (Å²) in [7, 11) is 0. The minimum atomic E-state index is -2.91. The number of nitrogens with zero attached hydrogens (tertiary/aromatic N) is 1. The fourth-order valence-electron chi connectivity index (χ4n) is 3.88.